The standard InChI is InChI=1S/C20H26FN3O3/c1-3-27-19(25)17-16(12-24-11-5-4-6-13(24)2)22-20(26)23-18(17)14-7-9-15(21)10-8-14/h7-10,13,18H,3-6,11-12H2,1-2H3,(H2,22,23,26)/t13-,18-/m1/s1. The van der Waals surface area contributed by atoms with Crippen molar-refractivity contribution in [1.82, 2.24) is 15.5 Å². The van der Waals surface area contributed by atoms with Crippen LogP contribution < -0.4 is 10.6 Å². The van der Waals surface area contributed by atoms with Crippen molar-refractivity contribution in [3.8, 4) is 0 Å². The molecular formula is C20H26FN3O3. The average molecular weight is 375 g/mol. The minimum absolute atomic E-state index is 0.236. The summed E-state index contributed by atoms with van der Waals surface area (Å²) in [6.45, 7) is 5.53. The SMILES string of the molecule is CCOC(=O)C1=C(CN2CCCC[C@H]2C)NC(=O)N[C@@H]1c1ccc(F)cc1. The summed E-state index contributed by atoms with van der Waals surface area (Å²) in [7, 11) is 0. The maximum Gasteiger partial charge on any atom is 0.338 e. The van der Waals surface area contributed by atoms with Gasteiger partial charge in [-0.2, -0.15) is 0 Å². The molecule has 0 bridgehead atoms. The number of esters is 1. The average Bonchev–Trinajstić information content (AvgIpc) is 2.64. The van der Waals surface area contributed by atoms with Gasteiger partial charge in [0.05, 0.1) is 18.2 Å². The van der Waals surface area contributed by atoms with Gasteiger partial charge in [-0.25, -0.2) is 14.0 Å². The Hall–Kier alpha value is -2.41. The Kier molecular flexibility index (Phi) is 6.11. The predicted octanol–water partition coefficient (Wildman–Crippen LogP) is 2.87. The highest BCUT2D eigenvalue weighted by Crippen LogP contribution is 2.29. The Bertz CT molecular complexity index is 732. The number of amides is 2. The summed E-state index contributed by atoms with van der Waals surface area (Å²) in [6.07, 6.45) is 3.38. The molecule has 2 amide bonds. The molecule has 2 aliphatic rings. The fourth-order valence-electron chi connectivity index (χ4n) is 3.69. The first kappa shape index (κ1) is 19.4. The number of urea groups is 1. The van der Waals surface area contributed by atoms with Crippen molar-refractivity contribution in [2.24, 2.45) is 0 Å². The van der Waals surface area contributed by atoms with Crippen LogP contribution in [0.15, 0.2) is 35.5 Å². The van der Waals surface area contributed by atoms with Crippen LogP contribution in [0.2, 0.25) is 0 Å². The molecule has 6 nitrogen and oxygen atoms in total. The Labute approximate surface area is 158 Å². The van der Waals surface area contributed by atoms with Gasteiger partial charge < -0.3 is 15.4 Å². The molecule has 0 aromatic heterocycles. The molecule has 2 N–H and O–H groups in total. The molecule has 7 heteroatoms. The number of nitrogens with one attached hydrogen (secondary N) is 2. The number of halogens is 1. The van der Waals surface area contributed by atoms with Gasteiger partial charge in [-0.15, -0.1) is 0 Å². The minimum Gasteiger partial charge on any atom is -0.463 e. The molecule has 1 fully saturated rings. The zero-order valence-electron chi connectivity index (χ0n) is 15.8. The highest BCUT2D eigenvalue weighted by atomic mass is 19.1. The molecule has 27 heavy (non-hydrogen) atoms. The Morgan fingerprint density at radius 1 is 1.30 bits per heavy atom. The van der Waals surface area contributed by atoms with E-state index < -0.39 is 12.0 Å². The van der Waals surface area contributed by atoms with Gasteiger partial charge in [-0.05, 0) is 50.9 Å². The van der Waals surface area contributed by atoms with Gasteiger partial charge in [0.1, 0.15) is 5.82 Å². The van der Waals surface area contributed by atoms with Crippen LogP contribution in [0.3, 0.4) is 0 Å². The highest BCUT2D eigenvalue weighted by molar-refractivity contribution is 5.95. The van der Waals surface area contributed by atoms with E-state index >= 15 is 0 Å². The van der Waals surface area contributed by atoms with Gasteiger partial charge in [0.25, 0.3) is 0 Å². The molecule has 0 aliphatic carbocycles. The van der Waals surface area contributed by atoms with Gasteiger partial charge in [0.15, 0.2) is 0 Å². The molecule has 1 saturated heterocycles. The molecule has 0 spiro atoms. The van der Waals surface area contributed by atoms with Crippen LogP contribution in [0.1, 0.15) is 44.7 Å². The maximum atomic E-state index is 13.3. The lowest BCUT2D eigenvalue weighted by Crippen LogP contribution is -2.50. The largest absolute Gasteiger partial charge is 0.463 e. The molecule has 146 valence electrons. The lowest BCUT2D eigenvalue weighted by atomic mass is 9.94. The van der Waals surface area contributed by atoms with Gasteiger partial charge in [-0.3, -0.25) is 4.90 Å². The monoisotopic (exact) mass is 375 g/mol. The zero-order chi connectivity index (χ0) is 19.4. The third-order valence-corrected chi connectivity index (χ3v) is 5.15. The van der Waals surface area contributed by atoms with Crippen molar-refractivity contribution in [2.45, 2.75) is 45.2 Å². The van der Waals surface area contributed by atoms with E-state index in [1.54, 1.807) is 19.1 Å². The minimum atomic E-state index is -0.673. The summed E-state index contributed by atoms with van der Waals surface area (Å²) in [5.74, 6) is -0.845. The Morgan fingerprint density at radius 2 is 2.04 bits per heavy atom. The second kappa shape index (κ2) is 8.52. The number of rotatable bonds is 5. The first-order valence-electron chi connectivity index (χ1n) is 9.46. The van der Waals surface area contributed by atoms with Crippen molar-refractivity contribution in [1.29, 1.82) is 0 Å². The number of nitrogens with zero attached hydrogens (tertiary/aromatic N) is 1. The van der Waals surface area contributed by atoms with Crippen LogP contribution in [0.4, 0.5) is 9.18 Å². The third-order valence-electron chi connectivity index (χ3n) is 5.15. The maximum absolute atomic E-state index is 13.3. The summed E-state index contributed by atoms with van der Waals surface area (Å²) in [4.78, 5) is 27.3. The molecule has 0 radical (unpaired) electrons. The number of piperidine rings is 1. The van der Waals surface area contributed by atoms with E-state index in [0.29, 0.717) is 29.4 Å². The number of carbonyl (C=O) groups is 2. The molecule has 1 aromatic carbocycles. The summed E-state index contributed by atoms with van der Waals surface area (Å²) >= 11 is 0. The smallest absolute Gasteiger partial charge is 0.338 e. The number of carbonyl (C=O) groups excluding carboxylic acids is 2. The van der Waals surface area contributed by atoms with Gasteiger partial charge >= 0.3 is 12.0 Å². The molecule has 3 rings (SSSR count). The first-order valence-corrected chi connectivity index (χ1v) is 9.46. The second-order valence-electron chi connectivity index (χ2n) is 7.01. The fraction of sp³-hybridized carbons (Fsp3) is 0.500. The van der Waals surface area contributed by atoms with Crippen molar-refractivity contribution in [2.75, 3.05) is 19.7 Å². The van der Waals surface area contributed by atoms with E-state index in [4.69, 9.17) is 4.74 Å². The van der Waals surface area contributed by atoms with E-state index in [1.165, 1.54) is 18.6 Å². The number of ether oxygens (including phenoxy) is 1. The van der Waals surface area contributed by atoms with E-state index in [9.17, 15) is 14.0 Å². The van der Waals surface area contributed by atoms with E-state index in [-0.39, 0.29) is 18.5 Å². The lowest BCUT2D eigenvalue weighted by molar-refractivity contribution is -0.139. The third kappa shape index (κ3) is 4.47. The molecule has 1 aromatic rings. The van der Waals surface area contributed by atoms with Crippen LogP contribution in [0.25, 0.3) is 0 Å². The molecule has 0 saturated carbocycles. The molecule has 2 heterocycles. The summed E-state index contributed by atoms with van der Waals surface area (Å²) in [5, 5.41) is 5.57. The summed E-state index contributed by atoms with van der Waals surface area (Å²) < 4.78 is 18.6. The van der Waals surface area contributed by atoms with E-state index in [2.05, 4.69) is 22.5 Å². The molecule has 0 unspecified atom stereocenters. The van der Waals surface area contributed by atoms with E-state index in [0.717, 1.165) is 19.4 Å². The molecule has 2 atom stereocenters. The number of likely N-dealkylation sites (tertiary alicyclic amines) is 1. The fourth-order valence-corrected chi connectivity index (χ4v) is 3.69. The number of benzene rings is 1. The van der Waals surface area contributed by atoms with Gasteiger partial charge in [0.2, 0.25) is 0 Å². The second-order valence-corrected chi connectivity index (χ2v) is 7.01. The van der Waals surface area contributed by atoms with Crippen molar-refractivity contribution in [3.63, 3.8) is 0 Å². The summed E-state index contributed by atoms with van der Waals surface area (Å²) in [5.41, 5.74) is 1.57. The topological polar surface area (TPSA) is 70.7 Å². The van der Waals surface area contributed by atoms with Crippen molar-refractivity contribution in [3.05, 3.63) is 46.9 Å². The van der Waals surface area contributed by atoms with Crippen LogP contribution in [0, 0.1) is 5.82 Å². The van der Waals surface area contributed by atoms with E-state index in [1.807, 2.05) is 0 Å². The molecule has 2 aliphatic heterocycles. The Balaban J connectivity index is 1.98. The number of hydrogen-bond donors (Lipinski definition) is 2. The number of hydrogen-bond acceptors (Lipinski definition) is 4. The van der Waals surface area contributed by atoms with Crippen molar-refractivity contribution < 1.29 is 18.7 Å². The van der Waals surface area contributed by atoms with Crippen LogP contribution in [-0.2, 0) is 9.53 Å². The van der Waals surface area contributed by atoms with Crippen LogP contribution >= 0.6 is 0 Å². The van der Waals surface area contributed by atoms with Gasteiger partial charge in [0, 0.05) is 18.3 Å². The zero-order valence-corrected chi connectivity index (χ0v) is 15.8. The quantitative estimate of drug-likeness (QED) is 0.777. The van der Waals surface area contributed by atoms with Crippen molar-refractivity contribution >= 4 is 12.0 Å². The first-order chi connectivity index (χ1) is 13.0. The predicted molar refractivity (Wildman–Crippen MR) is 99.4 cm³/mol. The Morgan fingerprint density at radius 3 is 2.70 bits per heavy atom. The van der Waals surface area contributed by atoms with Crippen LogP contribution in [0.5, 0.6) is 0 Å². The molecular weight excluding hydrogens is 349 g/mol. The highest BCUT2D eigenvalue weighted by Gasteiger charge is 2.35. The summed E-state index contributed by atoms with van der Waals surface area (Å²) in [6, 6.07) is 5.12. The van der Waals surface area contributed by atoms with Crippen LogP contribution in [-0.4, -0.2) is 42.6 Å². The lowest BCUT2D eigenvalue weighted by Gasteiger charge is -2.36. The normalized spacial score (nSPS) is 23.6. The van der Waals surface area contributed by atoms with Gasteiger partial charge in [-0.1, -0.05) is 18.6 Å².